The van der Waals surface area contributed by atoms with Crippen LogP contribution in [0.4, 0.5) is 9.18 Å². The van der Waals surface area contributed by atoms with E-state index in [0.717, 1.165) is 18.4 Å². The van der Waals surface area contributed by atoms with Crippen molar-refractivity contribution in [3.63, 3.8) is 0 Å². The Morgan fingerprint density at radius 2 is 1.91 bits per heavy atom. The van der Waals surface area contributed by atoms with Gasteiger partial charge in [0.05, 0.1) is 12.6 Å². The lowest BCUT2D eigenvalue weighted by atomic mass is 9.73. The zero-order chi connectivity index (χ0) is 24.6. The molecule has 4 heterocycles. The quantitative estimate of drug-likeness (QED) is 0.623. The van der Waals surface area contributed by atoms with E-state index in [4.69, 9.17) is 4.74 Å². The molecule has 0 radical (unpaired) electrons. The van der Waals surface area contributed by atoms with E-state index in [9.17, 15) is 18.8 Å². The predicted molar refractivity (Wildman–Crippen MR) is 120 cm³/mol. The van der Waals surface area contributed by atoms with Gasteiger partial charge in [-0.2, -0.15) is 0 Å². The van der Waals surface area contributed by atoms with Crippen molar-refractivity contribution in [3.8, 4) is 0 Å². The summed E-state index contributed by atoms with van der Waals surface area (Å²) in [5.74, 6) is -1.13. The zero-order valence-electron chi connectivity index (χ0n) is 19.5. The molecule has 0 saturated carbocycles. The van der Waals surface area contributed by atoms with Gasteiger partial charge in [-0.05, 0) is 61.4 Å². The molecule has 35 heavy (non-hydrogen) atoms. The summed E-state index contributed by atoms with van der Waals surface area (Å²) in [6, 6.07) is 5.54. The lowest BCUT2D eigenvalue weighted by Gasteiger charge is -2.41. The molecule has 1 aromatic heterocycles. The molecule has 0 bridgehead atoms. The van der Waals surface area contributed by atoms with Gasteiger partial charge >= 0.3 is 6.03 Å². The van der Waals surface area contributed by atoms with Gasteiger partial charge < -0.3 is 15.0 Å². The van der Waals surface area contributed by atoms with Crippen molar-refractivity contribution in [1.29, 1.82) is 0 Å². The molecule has 3 aliphatic heterocycles. The summed E-state index contributed by atoms with van der Waals surface area (Å²) in [4.78, 5) is 42.6. The Morgan fingerprint density at radius 1 is 1.17 bits per heavy atom. The number of nitrogens with zero attached hydrogens (tertiary/aromatic N) is 4. The van der Waals surface area contributed by atoms with Crippen molar-refractivity contribution in [1.82, 2.24) is 25.4 Å². The maximum absolute atomic E-state index is 13.8. The summed E-state index contributed by atoms with van der Waals surface area (Å²) < 4.78 is 23.9. The lowest BCUT2D eigenvalue weighted by molar-refractivity contribution is -0.135. The fourth-order valence-corrected chi connectivity index (χ4v) is 5.42. The number of benzene rings is 1. The van der Waals surface area contributed by atoms with Crippen LogP contribution in [0.3, 0.4) is 0 Å². The number of imide groups is 1. The maximum atomic E-state index is 13.8. The van der Waals surface area contributed by atoms with Crippen LogP contribution in [0.15, 0.2) is 28.9 Å². The van der Waals surface area contributed by atoms with E-state index in [-0.39, 0.29) is 48.3 Å². The number of hydrogen-bond donors (Lipinski definition) is 1. The fraction of sp³-hybridized carbons (Fsp3) is 0.542. The molecule has 3 saturated heterocycles. The number of aromatic nitrogens is 2. The Balaban J connectivity index is 1.37. The molecule has 5 rings (SSSR count). The molecule has 0 unspecified atom stereocenters. The Kier molecular flexibility index (Phi) is 6.26. The molecule has 186 valence electrons. The Labute approximate surface area is 201 Å². The zero-order valence-corrected chi connectivity index (χ0v) is 19.5. The molecular weight excluding hydrogens is 457 g/mol. The summed E-state index contributed by atoms with van der Waals surface area (Å²) in [7, 11) is 0. The molecule has 2 atom stereocenters. The van der Waals surface area contributed by atoms with Crippen LogP contribution in [0.1, 0.15) is 47.4 Å². The van der Waals surface area contributed by atoms with Gasteiger partial charge in [0.2, 0.25) is 0 Å². The standard InChI is InChI=1S/C24H28FN5O5/c1-15-20(28-35-27-15)21(31)29-10-8-17(9-11-29)24(13-16-4-6-18(25)7-5-16)22(32)30(23(33)26-24)14-19-3-2-12-34-19/h4-7,17,19H,2-3,8-14H2,1H3,(H,26,33)/t19-,24-/m0/s1. The second kappa shape index (κ2) is 9.37. The molecular formula is C24H28FN5O5. The van der Waals surface area contributed by atoms with Gasteiger partial charge in [-0.3, -0.25) is 14.5 Å². The summed E-state index contributed by atoms with van der Waals surface area (Å²) in [5, 5.41) is 10.4. The number of nitrogens with one attached hydrogen (secondary N) is 1. The molecule has 1 aromatic carbocycles. The van der Waals surface area contributed by atoms with E-state index in [1.165, 1.54) is 17.0 Å². The number of urea groups is 1. The summed E-state index contributed by atoms with van der Waals surface area (Å²) >= 11 is 0. The Morgan fingerprint density at radius 3 is 2.54 bits per heavy atom. The second-order valence-corrected chi connectivity index (χ2v) is 9.52. The number of amides is 4. The third-order valence-electron chi connectivity index (χ3n) is 7.34. The lowest BCUT2D eigenvalue weighted by Crippen LogP contribution is -2.58. The number of hydrogen-bond acceptors (Lipinski definition) is 7. The highest BCUT2D eigenvalue weighted by Crippen LogP contribution is 2.37. The highest BCUT2D eigenvalue weighted by molar-refractivity contribution is 6.07. The molecule has 10 nitrogen and oxygen atoms in total. The minimum atomic E-state index is -1.17. The molecule has 4 amide bonds. The summed E-state index contributed by atoms with van der Waals surface area (Å²) in [6.07, 6.45) is 2.81. The SMILES string of the molecule is Cc1nonc1C(=O)N1CCC([C@]2(Cc3ccc(F)cc3)NC(=O)N(C[C@@H]3CCCO3)C2=O)CC1. The van der Waals surface area contributed by atoms with E-state index in [2.05, 4.69) is 20.3 Å². The van der Waals surface area contributed by atoms with Gasteiger partial charge in [0.15, 0.2) is 5.69 Å². The van der Waals surface area contributed by atoms with Gasteiger partial charge in [-0.25, -0.2) is 13.8 Å². The third kappa shape index (κ3) is 4.40. The van der Waals surface area contributed by atoms with Gasteiger partial charge in [-0.1, -0.05) is 17.3 Å². The number of carbonyl (C=O) groups excluding carboxylic acids is 3. The van der Waals surface area contributed by atoms with Crippen molar-refractivity contribution in [2.75, 3.05) is 26.2 Å². The molecule has 0 aliphatic carbocycles. The van der Waals surface area contributed by atoms with Crippen LogP contribution in [0.2, 0.25) is 0 Å². The summed E-state index contributed by atoms with van der Waals surface area (Å²) in [6.45, 7) is 3.29. The van der Waals surface area contributed by atoms with Crippen molar-refractivity contribution >= 4 is 17.8 Å². The first-order valence-corrected chi connectivity index (χ1v) is 12.0. The van der Waals surface area contributed by atoms with Crippen LogP contribution >= 0.6 is 0 Å². The minimum absolute atomic E-state index is 0.162. The third-order valence-corrected chi connectivity index (χ3v) is 7.34. The van der Waals surface area contributed by atoms with Crippen molar-refractivity contribution in [3.05, 3.63) is 47.0 Å². The molecule has 3 fully saturated rings. The van der Waals surface area contributed by atoms with Crippen LogP contribution in [-0.4, -0.2) is 75.8 Å². The van der Waals surface area contributed by atoms with E-state index in [1.807, 2.05) is 0 Å². The summed E-state index contributed by atoms with van der Waals surface area (Å²) in [5.41, 5.74) is 0.181. The smallest absolute Gasteiger partial charge is 0.325 e. The predicted octanol–water partition coefficient (Wildman–Crippen LogP) is 2.08. The van der Waals surface area contributed by atoms with E-state index < -0.39 is 11.6 Å². The molecule has 3 aliphatic rings. The number of rotatable bonds is 6. The van der Waals surface area contributed by atoms with Crippen molar-refractivity contribution < 1.29 is 28.1 Å². The highest BCUT2D eigenvalue weighted by atomic mass is 19.1. The van der Waals surface area contributed by atoms with Crippen LogP contribution in [0.5, 0.6) is 0 Å². The van der Waals surface area contributed by atoms with Crippen LogP contribution < -0.4 is 5.32 Å². The molecule has 0 spiro atoms. The minimum Gasteiger partial charge on any atom is -0.376 e. The van der Waals surface area contributed by atoms with Crippen LogP contribution in [-0.2, 0) is 16.0 Å². The first kappa shape index (κ1) is 23.4. The van der Waals surface area contributed by atoms with E-state index >= 15 is 0 Å². The number of ether oxygens (including phenoxy) is 1. The van der Waals surface area contributed by atoms with Gasteiger partial charge in [0.1, 0.15) is 17.1 Å². The highest BCUT2D eigenvalue weighted by Gasteiger charge is 2.56. The molecule has 11 heteroatoms. The topological polar surface area (TPSA) is 118 Å². The monoisotopic (exact) mass is 485 g/mol. The second-order valence-electron chi connectivity index (χ2n) is 9.52. The average Bonchev–Trinajstić information content (AvgIpc) is 3.58. The number of likely N-dealkylation sites (tertiary alicyclic amines) is 1. The fourth-order valence-electron chi connectivity index (χ4n) is 5.42. The Bertz CT molecular complexity index is 1110. The first-order chi connectivity index (χ1) is 16.9. The van der Waals surface area contributed by atoms with Gasteiger partial charge in [0.25, 0.3) is 11.8 Å². The average molecular weight is 486 g/mol. The molecule has 2 aromatic rings. The van der Waals surface area contributed by atoms with Crippen LogP contribution in [0, 0.1) is 18.7 Å². The number of piperidine rings is 1. The van der Waals surface area contributed by atoms with Gasteiger partial charge in [-0.15, -0.1) is 0 Å². The first-order valence-electron chi connectivity index (χ1n) is 12.0. The number of carbonyl (C=O) groups is 3. The largest absolute Gasteiger partial charge is 0.376 e. The Hall–Kier alpha value is -3.34. The van der Waals surface area contributed by atoms with Gasteiger partial charge in [0, 0.05) is 26.1 Å². The molecule has 1 N–H and O–H groups in total. The van der Waals surface area contributed by atoms with Crippen molar-refractivity contribution in [2.24, 2.45) is 5.92 Å². The number of aryl methyl sites for hydroxylation is 1. The van der Waals surface area contributed by atoms with E-state index in [0.29, 0.717) is 38.2 Å². The van der Waals surface area contributed by atoms with Crippen LogP contribution in [0.25, 0.3) is 0 Å². The van der Waals surface area contributed by atoms with Crippen molar-refractivity contribution in [2.45, 2.75) is 50.7 Å². The number of halogens is 1. The van der Waals surface area contributed by atoms with E-state index in [1.54, 1.807) is 24.0 Å². The normalized spacial score (nSPS) is 25.4. The maximum Gasteiger partial charge on any atom is 0.325 e.